The molecule has 1 saturated heterocycles. The number of rotatable bonds is 5. The molecule has 0 saturated carbocycles. The van der Waals surface area contributed by atoms with Crippen molar-refractivity contribution >= 4 is 5.91 Å². The van der Waals surface area contributed by atoms with Crippen molar-refractivity contribution in [2.24, 2.45) is 5.92 Å². The first-order valence-corrected chi connectivity index (χ1v) is 10.6. The van der Waals surface area contributed by atoms with Crippen LogP contribution >= 0.6 is 0 Å². The Morgan fingerprint density at radius 3 is 2.61 bits per heavy atom. The topological polar surface area (TPSA) is 55.2 Å². The Balaban J connectivity index is 1.28. The molecule has 1 aliphatic carbocycles. The van der Waals surface area contributed by atoms with Gasteiger partial charge in [0.25, 0.3) is 5.56 Å². The van der Waals surface area contributed by atoms with Crippen LogP contribution in [0.4, 0.5) is 0 Å². The molecule has 0 radical (unpaired) electrons. The van der Waals surface area contributed by atoms with Gasteiger partial charge in [-0.15, -0.1) is 0 Å². The van der Waals surface area contributed by atoms with Gasteiger partial charge in [-0.25, -0.2) is 4.68 Å². The average molecular weight is 380 g/mol. The van der Waals surface area contributed by atoms with E-state index in [9.17, 15) is 9.59 Å². The maximum atomic E-state index is 12.5. The van der Waals surface area contributed by atoms with E-state index in [0.717, 1.165) is 62.9 Å². The van der Waals surface area contributed by atoms with Gasteiger partial charge in [0.2, 0.25) is 5.91 Å². The Hall–Kier alpha value is -2.43. The summed E-state index contributed by atoms with van der Waals surface area (Å²) in [5.74, 6) is 0.663. The van der Waals surface area contributed by atoms with Gasteiger partial charge >= 0.3 is 0 Å². The summed E-state index contributed by atoms with van der Waals surface area (Å²) in [6.45, 7) is 2.26. The highest BCUT2D eigenvalue weighted by Crippen LogP contribution is 2.21. The Morgan fingerprint density at radius 1 is 1.07 bits per heavy atom. The fourth-order valence-electron chi connectivity index (χ4n) is 4.40. The molecule has 0 atom stereocenters. The molecule has 28 heavy (non-hydrogen) atoms. The molecule has 1 fully saturated rings. The number of amides is 1. The fourth-order valence-corrected chi connectivity index (χ4v) is 4.40. The molecule has 0 unspecified atom stereocenters. The van der Waals surface area contributed by atoms with Crippen LogP contribution in [0.25, 0.3) is 0 Å². The van der Waals surface area contributed by atoms with Crippen molar-refractivity contribution in [2.45, 2.75) is 57.9 Å². The van der Waals surface area contributed by atoms with Crippen molar-refractivity contribution in [1.29, 1.82) is 0 Å². The number of fused-ring (bicyclic) bond motifs is 1. The number of piperidine rings is 1. The van der Waals surface area contributed by atoms with Crippen molar-refractivity contribution in [1.82, 2.24) is 14.7 Å². The third-order valence-corrected chi connectivity index (χ3v) is 6.14. The van der Waals surface area contributed by atoms with E-state index in [1.807, 2.05) is 23.1 Å². The van der Waals surface area contributed by atoms with Crippen LogP contribution in [0.1, 0.15) is 48.9 Å². The van der Waals surface area contributed by atoms with Crippen molar-refractivity contribution in [3.8, 4) is 0 Å². The van der Waals surface area contributed by atoms with Crippen LogP contribution < -0.4 is 5.56 Å². The molecule has 1 amide bonds. The first-order chi connectivity index (χ1) is 13.7. The van der Waals surface area contributed by atoms with Gasteiger partial charge in [-0.05, 0) is 62.0 Å². The number of hydrogen-bond acceptors (Lipinski definition) is 3. The summed E-state index contributed by atoms with van der Waals surface area (Å²) >= 11 is 0. The number of carbonyl (C=O) groups excluding carboxylic acids is 1. The fraction of sp³-hybridized carbons (Fsp3) is 0.522. The quantitative estimate of drug-likeness (QED) is 0.802. The second-order valence-corrected chi connectivity index (χ2v) is 8.15. The van der Waals surface area contributed by atoms with E-state index in [1.165, 1.54) is 12.0 Å². The minimum absolute atomic E-state index is 0.0296. The monoisotopic (exact) mass is 379 g/mol. The molecule has 5 heteroatoms. The summed E-state index contributed by atoms with van der Waals surface area (Å²) in [5.41, 5.74) is 3.50. The van der Waals surface area contributed by atoms with Crippen molar-refractivity contribution in [3.63, 3.8) is 0 Å². The highest BCUT2D eigenvalue weighted by atomic mass is 16.2. The van der Waals surface area contributed by atoms with E-state index in [-0.39, 0.29) is 11.5 Å². The Kier molecular flexibility index (Phi) is 5.89. The predicted molar refractivity (Wildman–Crippen MR) is 109 cm³/mol. The molecule has 1 aromatic heterocycles. The minimum atomic E-state index is 0.0296. The zero-order valence-corrected chi connectivity index (χ0v) is 16.5. The van der Waals surface area contributed by atoms with Gasteiger partial charge in [-0.2, -0.15) is 5.10 Å². The molecular weight excluding hydrogens is 350 g/mol. The molecule has 2 heterocycles. The van der Waals surface area contributed by atoms with E-state index in [1.54, 1.807) is 10.7 Å². The van der Waals surface area contributed by atoms with Gasteiger partial charge in [0.1, 0.15) is 0 Å². The van der Waals surface area contributed by atoms with Crippen LogP contribution in [-0.2, 0) is 30.6 Å². The average Bonchev–Trinajstić information content (AvgIpc) is 2.74. The highest BCUT2D eigenvalue weighted by molar-refractivity contribution is 5.76. The number of hydrogen-bond donors (Lipinski definition) is 0. The predicted octanol–water partition coefficient (Wildman–Crippen LogP) is 2.99. The molecule has 1 aliphatic heterocycles. The lowest BCUT2D eigenvalue weighted by atomic mass is 9.95. The van der Waals surface area contributed by atoms with E-state index in [4.69, 9.17) is 0 Å². The minimum Gasteiger partial charge on any atom is -0.343 e. The molecule has 148 valence electrons. The molecule has 5 nitrogen and oxygen atoms in total. The summed E-state index contributed by atoms with van der Waals surface area (Å²) in [5, 5.41) is 4.65. The third-order valence-electron chi connectivity index (χ3n) is 6.14. The molecule has 1 aromatic carbocycles. The van der Waals surface area contributed by atoms with Crippen molar-refractivity contribution in [2.75, 3.05) is 13.1 Å². The lowest BCUT2D eigenvalue weighted by Crippen LogP contribution is -2.40. The van der Waals surface area contributed by atoms with Crippen LogP contribution in [0, 0.1) is 5.92 Å². The third kappa shape index (κ3) is 4.51. The van der Waals surface area contributed by atoms with Crippen LogP contribution in [0.5, 0.6) is 0 Å². The second-order valence-electron chi connectivity index (χ2n) is 8.15. The van der Waals surface area contributed by atoms with Gasteiger partial charge in [-0.1, -0.05) is 30.3 Å². The Bertz CT molecular complexity index is 867. The van der Waals surface area contributed by atoms with Gasteiger partial charge < -0.3 is 4.90 Å². The Morgan fingerprint density at radius 2 is 1.82 bits per heavy atom. The highest BCUT2D eigenvalue weighted by Gasteiger charge is 2.24. The number of aryl methyl sites for hydroxylation is 3. The molecule has 2 aromatic rings. The van der Waals surface area contributed by atoms with E-state index >= 15 is 0 Å². The van der Waals surface area contributed by atoms with Gasteiger partial charge in [0.15, 0.2) is 0 Å². The molecule has 2 aliphatic rings. The molecular formula is C23H29N3O2. The van der Waals surface area contributed by atoms with Gasteiger partial charge in [0, 0.05) is 32.1 Å². The smallest absolute Gasteiger partial charge is 0.267 e. The standard InChI is InChI=1S/C23H29N3O2/c27-22(11-10-18-6-2-1-3-7-18)25-14-12-19(13-15-25)17-26-23(28)16-20-8-4-5-9-21(20)24-26/h1-3,6-7,16,19H,4-5,8-15,17H2. The molecule has 0 bridgehead atoms. The molecule has 0 spiro atoms. The van der Waals surface area contributed by atoms with Crippen LogP contribution in [0.15, 0.2) is 41.2 Å². The summed E-state index contributed by atoms with van der Waals surface area (Å²) in [7, 11) is 0. The number of aromatic nitrogens is 2. The van der Waals surface area contributed by atoms with Crippen LogP contribution in [0.3, 0.4) is 0 Å². The first-order valence-electron chi connectivity index (χ1n) is 10.6. The number of likely N-dealkylation sites (tertiary alicyclic amines) is 1. The normalized spacial score (nSPS) is 17.4. The largest absolute Gasteiger partial charge is 0.343 e. The summed E-state index contributed by atoms with van der Waals surface area (Å²) in [6, 6.07) is 12.0. The molecule has 0 N–H and O–H groups in total. The van der Waals surface area contributed by atoms with E-state index in [2.05, 4.69) is 17.2 Å². The number of carbonyl (C=O) groups is 1. The summed E-state index contributed by atoms with van der Waals surface area (Å²) < 4.78 is 1.67. The number of benzene rings is 1. The zero-order valence-electron chi connectivity index (χ0n) is 16.5. The lowest BCUT2D eigenvalue weighted by molar-refractivity contribution is -0.132. The summed E-state index contributed by atoms with van der Waals surface area (Å²) in [4.78, 5) is 26.9. The van der Waals surface area contributed by atoms with Gasteiger partial charge in [0.05, 0.1) is 5.69 Å². The maximum Gasteiger partial charge on any atom is 0.267 e. The Labute approximate surface area is 166 Å². The van der Waals surface area contributed by atoms with Crippen LogP contribution in [0.2, 0.25) is 0 Å². The van der Waals surface area contributed by atoms with Crippen molar-refractivity contribution < 1.29 is 4.79 Å². The second kappa shape index (κ2) is 8.72. The maximum absolute atomic E-state index is 12.5. The van der Waals surface area contributed by atoms with E-state index < -0.39 is 0 Å². The first kappa shape index (κ1) is 18.9. The lowest BCUT2D eigenvalue weighted by Gasteiger charge is -2.32. The van der Waals surface area contributed by atoms with E-state index in [0.29, 0.717) is 18.9 Å². The SMILES string of the molecule is O=C(CCc1ccccc1)N1CCC(Cn2nc3c(cc2=O)CCCC3)CC1. The van der Waals surface area contributed by atoms with Gasteiger partial charge in [-0.3, -0.25) is 9.59 Å². The zero-order chi connectivity index (χ0) is 19.3. The summed E-state index contributed by atoms with van der Waals surface area (Å²) in [6.07, 6.45) is 7.57. The number of nitrogens with zero attached hydrogens (tertiary/aromatic N) is 3. The van der Waals surface area contributed by atoms with Crippen LogP contribution in [-0.4, -0.2) is 33.7 Å². The van der Waals surface area contributed by atoms with Crippen molar-refractivity contribution in [3.05, 3.63) is 63.6 Å². The molecule has 4 rings (SSSR count).